The van der Waals surface area contributed by atoms with Gasteiger partial charge in [-0.3, -0.25) is 33.6 Å². The van der Waals surface area contributed by atoms with E-state index in [1.54, 1.807) is 12.1 Å². The van der Waals surface area contributed by atoms with Gasteiger partial charge in [-0.05, 0) is 149 Å². The van der Waals surface area contributed by atoms with Gasteiger partial charge in [0.05, 0.1) is 24.4 Å². The highest BCUT2D eigenvalue weighted by Crippen LogP contribution is 2.29. The van der Waals surface area contributed by atoms with Crippen LogP contribution in [0.3, 0.4) is 0 Å². The molecule has 20 nitrogen and oxygen atoms in total. The van der Waals surface area contributed by atoms with Crippen LogP contribution in [0.5, 0.6) is 0 Å². The van der Waals surface area contributed by atoms with Gasteiger partial charge in [0.15, 0.2) is 0 Å². The summed E-state index contributed by atoms with van der Waals surface area (Å²) >= 11 is 0. The normalized spacial score (nSPS) is 16.3. The minimum absolute atomic E-state index is 0.0441. The van der Waals surface area contributed by atoms with Crippen LogP contribution < -0.4 is 43.0 Å². The highest BCUT2D eigenvalue weighted by molar-refractivity contribution is 5.94. The number of carbonyl (C=O) groups is 8. The smallest absolute Gasteiger partial charge is 0.326 e. The molecule has 3 unspecified atom stereocenters. The van der Waals surface area contributed by atoms with Crippen molar-refractivity contribution in [2.45, 2.75) is 160 Å². The van der Waals surface area contributed by atoms with Crippen LogP contribution in [0.4, 0.5) is 5.69 Å². The number of primary amides is 1. The summed E-state index contributed by atoms with van der Waals surface area (Å²) in [5, 5.41) is 38.7. The molecule has 1 aliphatic rings. The Morgan fingerprint density at radius 2 is 1.32 bits per heavy atom. The van der Waals surface area contributed by atoms with Gasteiger partial charge in [-0.15, -0.1) is 0 Å². The van der Waals surface area contributed by atoms with Gasteiger partial charge in [0.25, 0.3) is 5.91 Å². The topological polar surface area (TPSA) is 306 Å². The van der Waals surface area contributed by atoms with Crippen LogP contribution in [0.1, 0.15) is 141 Å². The summed E-state index contributed by atoms with van der Waals surface area (Å²) in [4.78, 5) is 99.5. The van der Waals surface area contributed by atoms with E-state index >= 15 is 0 Å². The van der Waals surface area contributed by atoms with E-state index in [0.717, 1.165) is 38.0 Å². The number of amides is 6. The number of anilines is 1. The van der Waals surface area contributed by atoms with Gasteiger partial charge in [-0.2, -0.15) is 0 Å². The molecular weight excluding hydrogens is 881 g/mol. The number of rotatable bonds is 35. The van der Waals surface area contributed by atoms with Gasteiger partial charge in [0.2, 0.25) is 29.5 Å². The molecule has 11 N–H and O–H groups in total. The Bertz CT molecular complexity index is 1770. The van der Waals surface area contributed by atoms with E-state index in [1.807, 2.05) is 46.9 Å². The number of carboxylic acids is 2. The number of hydrogen-bond donors (Lipinski definition) is 10. The van der Waals surface area contributed by atoms with E-state index in [0.29, 0.717) is 63.0 Å². The lowest BCUT2D eigenvalue weighted by atomic mass is 9.81. The number of nitrogens with one attached hydrogen (secondary N) is 7. The number of benzene rings is 1. The Balaban J connectivity index is 1.71. The van der Waals surface area contributed by atoms with E-state index in [1.165, 1.54) is 0 Å². The van der Waals surface area contributed by atoms with E-state index < -0.39 is 65.4 Å². The van der Waals surface area contributed by atoms with E-state index in [9.17, 15) is 48.6 Å². The van der Waals surface area contributed by atoms with Crippen molar-refractivity contribution in [1.29, 1.82) is 0 Å². The first kappa shape index (κ1) is 58.8. The summed E-state index contributed by atoms with van der Waals surface area (Å²) in [7, 11) is 1.87. The standard InChI is InChI=1S/C48H80N8O12/c1-7-26-51-35-17-15-33(16-18-35)43(62)52-27-9-8-10-36(42(49)61)54-40(58)23-24-47(2,3)67-29-25-48(4,5)68-30-28-53-45(64)37(20-22-41(59)60)55-39(57)21-19-38(46(65)66)56-44(63)34-13-11-32(12-14-34)31-50-6/h15-18,32,34,36-38,50-51H,7-14,19-31H2,1-6H3,(H2,49,61)(H,52,62)(H,53,64)(H,54,58)(H,55,57)(H,56,63)(H,59,60)(H,65,66). The zero-order chi connectivity index (χ0) is 50.7. The molecule has 20 heteroatoms. The third kappa shape index (κ3) is 24.6. The molecule has 0 bridgehead atoms. The summed E-state index contributed by atoms with van der Waals surface area (Å²) in [5.41, 5.74) is 5.69. The first-order valence-corrected chi connectivity index (χ1v) is 24.1. The molecule has 1 saturated carbocycles. The zero-order valence-corrected chi connectivity index (χ0v) is 41.1. The number of carbonyl (C=O) groups excluding carboxylic acids is 6. The Morgan fingerprint density at radius 1 is 0.706 bits per heavy atom. The van der Waals surface area contributed by atoms with Crippen LogP contribution in [0, 0.1) is 11.8 Å². The van der Waals surface area contributed by atoms with Crippen molar-refractivity contribution in [3.63, 3.8) is 0 Å². The van der Waals surface area contributed by atoms with Crippen LogP contribution in [0.15, 0.2) is 24.3 Å². The quantitative estimate of drug-likeness (QED) is 0.0438. The Morgan fingerprint density at radius 3 is 1.94 bits per heavy atom. The number of nitrogens with two attached hydrogens (primary N) is 1. The van der Waals surface area contributed by atoms with E-state index in [-0.39, 0.29) is 69.1 Å². The molecule has 1 aromatic rings. The van der Waals surface area contributed by atoms with Crippen molar-refractivity contribution in [1.82, 2.24) is 31.9 Å². The van der Waals surface area contributed by atoms with Crippen molar-refractivity contribution >= 4 is 53.1 Å². The van der Waals surface area contributed by atoms with Gasteiger partial charge in [0, 0.05) is 56.1 Å². The Labute approximate surface area is 401 Å². The number of aliphatic carboxylic acids is 2. The molecule has 0 heterocycles. The molecule has 0 aliphatic heterocycles. The van der Waals surface area contributed by atoms with Gasteiger partial charge in [-0.25, -0.2) is 4.79 Å². The number of carboxylic acid groups (broad SMARTS) is 2. The molecule has 6 amide bonds. The summed E-state index contributed by atoms with van der Waals surface area (Å²) < 4.78 is 12.1. The average Bonchev–Trinajstić information content (AvgIpc) is 3.28. The number of hydrogen-bond acceptors (Lipinski definition) is 12. The molecular formula is C48H80N8O12. The van der Waals surface area contributed by atoms with Crippen molar-refractivity contribution in [2.24, 2.45) is 17.6 Å². The maximum atomic E-state index is 13.1. The zero-order valence-electron chi connectivity index (χ0n) is 41.1. The fourth-order valence-corrected chi connectivity index (χ4v) is 7.64. The second-order valence-corrected chi connectivity index (χ2v) is 18.8. The Hall–Kier alpha value is -5.34. The van der Waals surface area contributed by atoms with Crippen LogP contribution in [-0.4, -0.2) is 133 Å². The molecule has 384 valence electrons. The van der Waals surface area contributed by atoms with Crippen molar-refractivity contribution in [3.05, 3.63) is 29.8 Å². The molecule has 0 saturated heterocycles. The van der Waals surface area contributed by atoms with E-state index in [2.05, 4.69) is 44.1 Å². The van der Waals surface area contributed by atoms with Gasteiger partial charge in [-0.1, -0.05) is 6.92 Å². The van der Waals surface area contributed by atoms with E-state index in [4.69, 9.17) is 15.2 Å². The number of unbranched alkanes of at least 4 members (excludes halogenated alkanes) is 1. The molecule has 1 fully saturated rings. The first-order valence-electron chi connectivity index (χ1n) is 24.1. The minimum atomic E-state index is -1.31. The maximum absolute atomic E-state index is 13.1. The van der Waals surface area contributed by atoms with Gasteiger partial charge < -0.3 is 62.6 Å². The third-order valence-electron chi connectivity index (χ3n) is 11.9. The maximum Gasteiger partial charge on any atom is 0.326 e. The molecule has 3 atom stereocenters. The highest BCUT2D eigenvalue weighted by Gasteiger charge is 2.31. The third-order valence-corrected chi connectivity index (χ3v) is 11.9. The predicted octanol–water partition coefficient (Wildman–Crippen LogP) is 2.98. The molecule has 2 rings (SSSR count). The van der Waals surface area contributed by atoms with Crippen molar-refractivity contribution < 1.29 is 58.0 Å². The lowest BCUT2D eigenvalue weighted by Gasteiger charge is -2.30. The predicted molar refractivity (Wildman–Crippen MR) is 256 cm³/mol. The van der Waals surface area contributed by atoms with Crippen molar-refractivity contribution in [2.75, 3.05) is 51.8 Å². The minimum Gasteiger partial charge on any atom is -0.481 e. The average molecular weight is 961 g/mol. The number of ether oxygens (including phenoxy) is 2. The monoisotopic (exact) mass is 961 g/mol. The lowest BCUT2D eigenvalue weighted by molar-refractivity contribution is -0.143. The summed E-state index contributed by atoms with van der Waals surface area (Å²) in [6, 6.07) is 3.88. The summed E-state index contributed by atoms with van der Waals surface area (Å²) in [6.45, 7) is 12.0. The summed E-state index contributed by atoms with van der Waals surface area (Å²) in [6.07, 6.45) is 5.24. The molecule has 68 heavy (non-hydrogen) atoms. The van der Waals surface area contributed by atoms with Gasteiger partial charge in [0.1, 0.15) is 18.1 Å². The van der Waals surface area contributed by atoms with Crippen molar-refractivity contribution in [3.8, 4) is 0 Å². The fourth-order valence-electron chi connectivity index (χ4n) is 7.64. The van der Waals surface area contributed by atoms with Crippen LogP contribution in [0.25, 0.3) is 0 Å². The lowest BCUT2D eigenvalue weighted by Crippen LogP contribution is -2.49. The fraction of sp³-hybridized carbons (Fsp3) is 0.708. The van der Waals surface area contributed by atoms with Crippen LogP contribution in [0.2, 0.25) is 0 Å². The first-order chi connectivity index (χ1) is 32.1. The molecule has 1 aromatic carbocycles. The molecule has 1 aliphatic carbocycles. The summed E-state index contributed by atoms with van der Waals surface area (Å²) in [5.74, 6) is -5.12. The largest absolute Gasteiger partial charge is 0.481 e. The SMILES string of the molecule is CCCNc1ccc(C(=O)NCCCCC(NC(=O)CCC(C)(C)OCCC(C)(C)OCCNC(=O)C(CCC(=O)O)NC(=O)CCC(NC(=O)C2CCC(CNC)CC2)C(=O)O)C(N)=O)cc1. The van der Waals surface area contributed by atoms with Crippen LogP contribution >= 0.6 is 0 Å². The Kier molecular flexibility index (Phi) is 26.7. The second-order valence-electron chi connectivity index (χ2n) is 18.8. The molecule has 0 spiro atoms. The molecule has 0 radical (unpaired) electrons. The highest BCUT2D eigenvalue weighted by atomic mass is 16.5. The molecule has 0 aromatic heterocycles. The van der Waals surface area contributed by atoms with Crippen LogP contribution in [-0.2, 0) is 43.0 Å². The second kappa shape index (κ2) is 30.9. The van der Waals surface area contributed by atoms with Gasteiger partial charge >= 0.3 is 11.9 Å².